The lowest BCUT2D eigenvalue weighted by Gasteiger charge is -2.34. The number of nitrogens with zero attached hydrogens (tertiary/aromatic N) is 4. The first-order valence-electron chi connectivity index (χ1n) is 8.85. The topological polar surface area (TPSA) is 62.5 Å². The number of likely N-dealkylation sites (tertiary alicyclic amines) is 1. The first-order valence-corrected chi connectivity index (χ1v) is 9.80. The number of rotatable bonds is 5. The summed E-state index contributed by atoms with van der Waals surface area (Å²) in [6, 6.07) is 2.52. The Morgan fingerprint density at radius 3 is 2.84 bits per heavy atom. The van der Waals surface area contributed by atoms with Crippen LogP contribution in [0.5, 0.6) is 0 Å². The maximum atomic E-state index is 12.2. The monoisotopic (exact) mass is 360 g/mol. The molecule has 0 N–H and O–H groups in total. The van der Waals surface area contributed by atoms with Crippen LogP contribution in [0.25, 0.3) is 0 Å². The van der Waals surface area contributed by atoms with Gasteiger partial charge in [-0.05, 0) is 60.2 Å². The largest absolute Gasteiger partial charge is 0.424 e. The molecule has 3 heterocycles. The molecule has 1 aliphatic carbocycles. The highest BCUT2D eigenvalue weighted by atomic mass is 32.1. The third-order valence-corrected chi connectivity index (χ3v) is 6.37. The van der Waals surface area contributed by atoms with E-state index in [2.05, 4.69) is 36.8 Å². The molecule has 6 nitrogen and oxygen atoms in total. The van der Waals surface area contributed by atoms with Crippen LogP contribution < -0.4 is 0 Å². The Balaban J connectivity index is 1.34. The van der Waals surface area contributed by atoms with E-state index in [-0.39, 0.29) is 5.91 Å². The van der Waals surface area contributed by atoms with Crippen molar-refractivity contribution in [3.8, 4) is 0 Å². The molecule has 2 aromatic rings. The molecule has 1 spiro atoms. The van der Waals surface area contributed by atoms with Crippen LogP contribution in [0.15, 0.2) is 21.2 Å². The van der Waals surface area contributed by atoms with E-state index in [1.165, 1.54) is 5.56 Å². The number of amides is 1. The lowest BCUT2D eigenvalue weighted by atomic mass is 9.92. The van der Waals surface area contributed by atoms with Crippen LogP contribution in [0.2, 0.25) is 0 Å². The molecule has 1 saturated heterocycles. The minimum atomic E-state index is 0.192. The first-order chi connectivity index (χ1) is 12.1. The molecule has 1 unspecified atom stereocenters. The summed E-state index contributed by atoms with van der Waals surface area (Å²) in [4.78, 5) is 16.6. The minimum absolute atomic E-state index is 0.192. The summed E-state index contributed by atoms with van der Waals surface area (Å²) < 4.78 is 5.49. The van der Waals surface area contributed by atoms with Gasteiger partial charge in [0.2, 0.25) is 17.7 Å². The zero-order valence-electron chi connectivity index (χ0n) is 14.8. The lowest BCUT2D eigenvalue weighted by Crippen LogP contribution is -2.39. The van der Waals surface area contributed by atoms with Gasteiger partial charge in [0.1, 0.15) is 0 Å². The number of aromatic nitrogens is 2. The van der Waals surface area contributed by atoms with Crippen molar-refractivity contribution in [2.45, 2.75) is 52.2 Å². The molecule has 1 amide bonds. The van der Waals surface area contributed by atoms with E-state index in [1.807, 2.05) is 6.92 Å². The molecule has 134 valence electrons. The molecular weight excluding hydrogens is 336 g/mol. The van der Waals surface area contributed by atoms with E-state index < -0.39 is 0 Å². The summed E-state index contributed by atoms with van der Waals surface area (Å²) in [6.45, 7) is 7.05. The molecule has 4 rings (SSSR count). The van der Waals surface area contributed by atoms with E-state index in [9.17, 15) is 4.79 Å². The first kappa shape index (κ1) is 16.7. The third-order valence-electron chi connectivity index (χ3n) is 5.64. The van der Waals surface area contributed by atoms with Gasteiger partial charge in [-0.15, -0.1) is 10.2 Å². The van der Waals surface area contributed by atoms with E-state index in [1.54, 1.807) is 18.3 Å². The Morgan fingerprint density at radius 1 is 1.44 bits per heavy atom. The van der Waals surface area contributed by atoms with Gasteiger partial charge in [-0.3, -0.25) is 9.69 Å². The van der Waals surface area contributed by atoms with Gasteiger partial charge in [-0.2, -0.15) is 11.3 Å². The molecule has 1 atom stereocenters. The number of carbonyl (C=O) groups is 1. The Hall–Kier alpha value is -1.73. The Bertz CT molecular complexity index is 734. The van der Waals surface area contributed by atoms with E-state index in [0.29, 0.717) is 23.2 Å². The van der Waals surface area contributed by atoms with Gasteiger partial charge in [0, 0.05) is 26.4 Å². The maximum Gasteiger partial charge on any atom is 0.230 e. The van der Waals surface area contributed by atoms with Crippen molar-refractivity contribution >= 4 is 17.2 Å². The van der Waals surface area contributed by atoms with Gasteiger partial charge in [0.05, 0.1) is 6.54 Å². The zero-order valence-corrected chi connectivity index (χ0v) is 15.6. The summed E-state index contributed by atoms with van der Waals surface area (Å²) in [5.41, 5.74) is 1.56. The number of thiophene rings is 1. The number of piperidine rings is 1. The summed E-state index contributed by atoms with van der Waals surface area (Å²) in [5, 5.41) is 12.2. The Morgan fingerprint density at radius 2 is 2.24 bits per heavy atom. The summed E-state index contributed by atoms with van der Waals surface area (Å²) >= 11 is 1.69. The van der Waals surface area contributed by atoms with Crippen molar-refractivity contribution in [3.05, 3.63) is 34.2 Å². The van der Waals surface area contributed by atoms with Crippen molar-refractivity contribution < 1.29 is 9.21 Å². The highest BCUT2D eigenvalue weighted by Crippen LogP contribution is 2.57. The summed E-state index contributed by atoms with van der Waals surface area (Å²) in [6.07, 6.45) is 3.42. The normalized spacial score (nSPS) is 22.2. The second-order valence-corrected chi connectivity index (χ2v) is 8.13. The molecular formula is C18H24N4O2S. The fraction of sp³-hybridized carbons (Fsp3) is 0.611. The van der Waals surface area contributed by atoms with Crippen LogP contribution in [-0.2, 0) is 17.9 Å². The highest BCUT2D eigenvalue weighted by molar-refractivity contribution is 7.07. The summed E-state index contributed by atoms with van der Waals surface area (Å²) in [7, 11) is 0. The lowest BCUT2D eigenvalue weighted by molar-refractivity contribution is -0.130. The van der Waals surface area contributed by atoms with Crippen molar-refractivity contribution in [2.75, 3.05) is 13.1 Å². The van der Waals surface area contributed by atoms with Gasteiger partial charge in [-0.25, -0.2) is 0 Å². The molecule has 1 aliphatic heterocycles. The predicted molar refractivity (Wildman–Crippen MR) is 94.9 cm³/mol. The standard InChI is InChI=1S/C18H24N4O2S/c1-13-19-20-17(24-13)11-21-6-4-18(5-7-21)9-16(18)22(14(2)23)10-15-3-8-25-12-15/h3,8,12,16H,4-7,9-11H2,1-2H3. The molecule has 0 bridgehead atoms. The SMILES string of the molecule is CC(=O)N(Cc1ccsc1)C1CC12CCN(Cc1nnc(C)o1)CC2. The molecule has 2 fully saturated rings. The third kappa shape index (κ3) is 3.48. The van der Waals surface area contributed by atoms with Crippen LogP contribution >= 0.6 is 11.3 Å². The number of hydrogen-bond donors (Lipinski definition) is 0. The van der Waals surface area contributed by atoms with Crippen molar-refractivity contribution in [1.29, 1.82) is 0 Å². The average molecular weight is 360 g/mol. The van der Waals surface area contributed by atoms with E-state index >= 15 is 0 Å². The van der Waals surface area contributed by atoms with Crippen molar-refractivity contribution in [2.24, 2.45) is 5.41 Å². The fourth-order valence-electron chi connectivity index (χ4n) is 4.07. The quantitative estimate of drug-likeness (QED) is 0.820. The molecule has 25 heavy (non-hydrogen) atoms. The van der Waals surface area contributed by atoms with E-state index in [4.69, 9.17) is 4.42 Å². The van der Waals surface area contributed by atoms with Gasteiger partial charge >= 0.3 is 0 Å². The van der Waals surface area contributed by atoms with Gasteiger partial charge in [-0.1, -0.05) is 0 Å². The Labute approximate surface area is 151 Å². The average Bonchev–Trinajstić information content (AvgIpc) is 2.94. The van der Waals surface area contributed by atoms with Crippen molar-refractivity contribution in [1.82, 2.24) is 20.0 Å². The number of hydrogen-bond acceptors (Lipinski definition) is 6. The summed E-state index contributed by atoms with van der Waals surface area (Å²) in [5.74, 6) is 1.51. The van der Waals surface area contributed by atoms with Gasteiger partial charge in [0.25, 0.3) is 0 Å². The molecule has 7 heteroatoms. The second-order valence-electron chi connectivity index (χ2n) is 7.35. The van der Waals surface area contributed by atoms with Gasteiger partial charge in [0.15, 0.2) is 0 Å². The van der Waals surface area contributed by atoms with Crippen molar-refractivity contribution in [3.63, 3.8) is 0 Å². The predicted octanol–water partition coefficient (Wildman–Crippen LogP) is 2.84. The number of aryl methyl sites for hydroxylation is 1. The van der Waals surface area contributed by atoms with Crippen LogP contribution in [0, 0.1) is 12.3 Å². The molecule has 0 radical (unpaired) electrons. The maximum absolute atomic E-state index is 12.2. The molecule has 1 saturated carbocycles. The second kappa shape index (κ2) is 6.53. The highest BCUT2D eigenvalue weighted by Gasteiger charge is 2.58. The van der Waals surface area contributed by atoms with Crippen LogP contribution in [0.1, 0.15) is 43.5 Å². The smallest absolute Gasteiger partial charge is 0.230 e. The molecule has 2 aromatic heterocycles. The molecule has 0 aromatic carbocycles. The van der Waals surface area contributed by atoms with Crippen LogP contribution in [0.4, 0.5) is 0 Å². The minimum Gasteiger partial charge on any atom is -0.424 e. The van der Waals surface area contributed by atoms with Crippen LogP contribution in [0.3, 0.4) is 0 Å². The molecule has 2 aliphatic rings. The van der Waals surface area contributed by atoms with E-state index in [0.717, 1.165) is 45.4 Å². The zero-order chi connectivity index (χ0) is 17.4. The number of carbonyl (C=O) groups excluding carboxylic acids is 1. The van der Waals surface area contributed by atoms with Gasteiger partial charge < -0.3 is 9.32 Å². The Kier molecular flexibility index (Phi) is 4.37. The fourth-order valence-corrected chi connectivity index (χ4v) is 4.73. The van der Waals surface area contributed by atoms with Crippen LogP contribution in [-0.4, -0.2) is 45.0 Å².